The van der Waals surface area contributed by atoms with Gasteiger partial charge in [-0.3, -0.25) is 9.89 Å². The molecule has 1 amide bonds. The Morgan fingerprint density at radius 3 is 2.67 bits per heavy atom. The molecule has 1 rings (SSSR count). The van der Waals surface area contributed by atoms with Crippen LogP contribution in [0.4, 0.5) is 0 Å². The number of rotatable bonds is 4. The smallest absolute Gasteiger partial charge is 0.257 e. The Hall–Kier alpha value is -1.36. The van der Waals surface area contributed by atoms with Gasteiger partial charge >= 0.3 is 0 Å². The molecule has 5 nitrogen and oxygen atoms in total. The zero-order valence-corrected chi connectivity index (χ0v) is 9.50. The maximum absolute atomic E-state index is 12.0. The van der Waals surface area contributed by atoms with Crippen LogP contribution in [-0.2, 0) is 0 Å². The molecule has 3 N–H and O–H groups in total. The summed E-state index contributed by atoms with van der Waals surface area (Å²) in [4.78, 5) is 13.7. The first-order valence-electron chi connectivity index (χ1n) is 5.05. The molecule has 1 heterocycles. The minimum absolute atomic E-state index is 0.00667. The van der Waals surface area contributed by atoms with Gasteiger partial charge in [0.2, 0.25) is 0 Å². The molecule has 0 bridgehead atoms. The van der Waals surface area contributed by atoms with Crippen LogP contribution in [0.15, 0.2) is 0 Å². The fourth-order valence-corrected chi connectivity index (χ4v) is 1.49. The van der Waals surface area contributed by atoms with E-state index in [1.54, 1.807) is 11.9 Å². The molecule has 5 heteroatoms. The second-order valence-electron chi connectivity index (χ2n) is 3.68. The maximum atomic E-state index is 12.0. The summed E-state index contributed by atoms with van der Waals surface area (Å²) in [5, 5.41) is 6.81. The van der Waals surface area contributed by atoms with Gasteiger partial charge in [0, 0.05) is 19.3 Å². The van der Waals surface area contributed by atoms with E-state index in [-0.39, 0.29) is 5.91 Å². The summed E-state index contributed by atoms with van der Waals surface area (Å²) in [7, 11) is 1.78. The van der Waals surface area contributed by atoms with E-state index in [0.29, 0.717) is 18.7 Å². The Balaban J connectivity index is 2.76. The molecule has 0 aliphatic carbocycles. The zero-order valence-electron chi connectivity index (χ0n) is 9.50. The number of nitrogens with one attached hydrogen (secondary N) is 1. The van der Waals surface area contributed by atoms with Gasteiger partial charge in [-0.2, -0.15) is 5.10 Å². The number of nitrogens with zero attached hydrogens (tertiary/aromatic N) is 2. The lowest BCUT2D eigenvalue weighted by Gasteiger charge is -2.16. The van der Waals surface area contributed by atoms with Gasteiger partial charge in [-0.05, 0) is 26.8 Å². The molecule has 0 aliphatic rings. The first-order chi connectivity index (χ1) is 7.07. The number of carbonyl (C=O) groups excluding carboxylic acids is 1. The van der Waals surface area contributed by atoms with Crippen LogP contribution in [0.5, 0.6) is 0 Å². The van der Waals surface area contributed by atoms with E-state index >= 15 is 0 Å². The molecule has 15 heavy (non-hydrogen) atoms. The van der Waals surface area contributed by atoms with E-state index in [1.807, 2.05) is 13.8 Å². The summed E-state index contributed by atoms with van der Waals surface area (Å²) in [5.41, 5.74) is 7.64. The molecule has 1 aromatic heterocycles. The molecule has 0 saturated carbocycles. The Labute approximate surface area is 89.6 Å². The molecule has 1 aromatic rings. The number of hydrogen-bond donors (Lipinski definition) is 2. The van der Waals surface area contributed by atoms with Crippen molar-refractivity contribution in [3.8, 4) is 0 Å². The Morgan fingerprint density at radius 2 is 2.20 bits per heavy atom. The molecule has 0 aliphatic heterocycles. The average Bonchev–Trinajstić information content (AvgIpc) is 2.54. The first-order valence-corrected chi connectivity index (χ1v) is 5.05. The van der Waals surface area contributed by atoms with E-state index in [0.717, 1.165) is 17.8 Å². The number of H-pyrrole nitrogens is 1. The third-order valence-corrected chi connectivity index (χ3v) is 2.39. The third kappa shape index (κ3) is 2.56. The van der Waals surface area contributed by atoms with Crippen molar-refractivity contribution in [2.24, 2.45) is 5.73 Å². The number of aromatic nitrogens is 2. The normalized spacial score (nSPS) is 10.4. The van der Waals surface area contributed by atoms with Gasteiger partial charge in [0.25, 0.3) is 5.91 Å². The SMILES string of the molecule is Cc1n[nH]c(C)c1C(=O)N(C)CCCN. The van der Waals surface area contributed by atoms with Crippen molar-refractivity contribution in [2.45, 2.75) is 20.3 Å². The topological polar surface area (TPSA) is 75.0 Å². The Morgan fingerprint density at radius 1 is 1.53 bits per heavy atom. The molecular formula is C10H18N4O. The largest absolute Gasteiger partial charge is 0.342 e. The number of amides is 1. The highest BCUT2D eigenvalue weighted by Crippen LogP contribution is 2.11. The van der Waals surface area contributed by atoms with Crippen molar-refractivity contribution in [3.63, 3.8) is 0 Å². The summed E-state index contributed by atoms with van der Waals surface area (Å²) >= 11 is 0. The van der Waals surface area contributed by atoms with Crippen LogP contribution in [-0.4, -0.2) is 41.1 Å². The lowest BCUT2D eigenvalue weighted by Crippen LogP contribution is -2.29. The fourth-order valence-electron chi connectivity index (χ4n) is 1.49. The molecule has 0 spiro atoms. The van der Waals surface area contributed by atoms with Crippen LogP contribution >= 0.6 is 0 Å². The minimum Gasteiger partial charge on any atom is -0.342 e. The minimum atomic E-state index is 0.00667. The fraction of sp³-hybridized carbons (Fsp3) is 0.600. The Kier molecular flexibility index (Phi) is 3.85. The third-order valence-electron chi connectivity index (χ3n) is 2.39. The van der Waals surface area contributed by atoms with E-state index in [2.05, 4.69) is 10.2 Å². The summed E-state index contributed by atoms with van der Waals surface area (Å²) < 4.78 is 0. The summed E-state index contributed by atoms with van der Waals surface area (Å²) in [5.74, 6) is 0.00667. The van der Waals surface area contributed by atoms with Gasteiger partial charge in [-0.1, -0.05) is 0 Å². The molecule has 0 radical (unpaired) electrons. The summed E-state index contributed by atoms with van der Waals surface area (Å²) in [6, 6.07) is 0. The molecule has 0 fully saturated rings. The lowest BCUT2D eigenvalue weighted by atomic mass is 10.1. The standard InChI is InChI=1S/C10H18N4O/c1-7-9(8(2)13-12-7)10(15)14(3)6-4-5-11/h4-6,11H2,1-3H3,(H,12,13). The predicted octanol–water partition coefficient (Wildman–Crippen LogP) is 0.447. The van der Waals surface area contributed by atoms with Crippen molar-refractivity contribution in [3.05, 3.63) is 17.0 Å². The number of hydrogen-bond acceptors (Lipinski definition) is 3. The summed E-state index contributed by atoms with van der Waals surface area (Å²) in [6.45, 7) is 4.96. The quantitative estimate of drug-likeness (QED) is 0.757. The van der Waals surface area contributed by atoms with Crippen LogP contribution in [0.1, 0.15) is 28.2 Å². The summed E-state index contributed by atoms with van der Waals surface area (Å²) in [6.07, 6.45) is 0.818. The van der Waals surface area contributed by atoms with Crippen molar-refractivity contribution >= 4 is 5.91 Å². The van der Waals surface area contributed by atoms with Crippen LogP contribution in [0.25, 0.3) is 0 Å². The van der Waals surface area contributed by atoms with Crippen LogP contribution in [0.3, 0.4) is 0 Å². The highest BCUT2D eigenvalue weighted by atomic mass is 16.2. The Bertz CT molecular complexity index is 326. The van der Waals surface area contributed by atoms with E-state index in [9.17, 15) is 4.79 Å². The zero-order chi connectivity index (χ0) is 11.4. The molecule has 84 valence electrons. The van der Waals surface area contributed by atoms with Gasteiger partial charge in [0.15, 0.2) is 0 Å². The number of nitrogens with two attached hydrogens (primary N) is 1. The first kappa shape index (κ1) is 11.7. The predicted molar refractivity (Wildman–Crippen MR) is 58.7 cm³/mol. The molecule has 0 saturated heterocycles. The van der Waals surface area contributed by atoms with Gasteiger partial charge < -0.3 is 10.6 Å². The second-order valence-corrected chi connectivity index (χ2v) is 3.68. The van der Waals surface area contributed by atoms with Gasteiger partial charge in [0.1, 0.15) is 0 Å². The maximum Gasteiger partial charge on any atom is 0.257 e. The lowest BCUT2D eigenvalue weighted by molar-refractivity contribution is 0.0793. The van der Waals surface area contributed by atoms with Crippen LogP contribution < -0.4 is 5.73 Å². The van der Waals surface area contributed by atoms with Crippen molar-refractivity contribution < 1.29 is 4.79 Å². The van der Waals surface area contributed by atoms with Gasteiger partial charge in [-0.25, -0.2) is 0 Å². The number of aromatic amines is 1. The van der Waals surface area contributed by atoms with E-state index < -0.39 is 0 Å². The molecule has 0 unspecified atom stereocenters. The van der Waals surface area contributed by atoms with Crippen molar-refractivity contribution in [1.82, 2.24) is 15.1 Å². The molecule has 0 atom stereocenters. The van der Waals surface area contributed by atoms with Gasteiger partial charge in [-0.15, -0.1) is 0 Å². The van der Waals surface area contributed by atoms with Crippen LogP contribution in [0, 0.1) is 13.8 Å². The van der Waals surface area contributed by atoms with Crippen molar-refractivity contribution in [1.29, 1.82) is 0 Å². The molecular weight excluding hydrogens is 192 g/mol. The second kappa shape index (κ2) is 4.93. The number of carbonyl (C=O) groups is 1. The number of aryl methyl sites for hydroxylation is 2. The monoisotopic (exact) mass is 210 g/mol. The van der Waals surface area contributed by atoms with E-state index in [4.69, 9.17) is 5.73 Å². The van der Waals surface area contributed by atoms with E-state index in [1.165, 1.54) is 0 Å². The van der Waals surface area contributed by atoms with Gasteiger partial charge in [0.05, 0.1) is 11.3 Å². The van der Waals surface area contributed by atoms with Crippen molar-refractivity contribution in [2.75, 3.05) is 20.1 Å². The highest BCUT2D eigenvalue weighted by Gasteiger charge is 2.18. The average molecular weight is 210 g/mol. The van der Waals surface area contributed by atoms with Crippen LogP contribution in [0.2, 0.25) is 0 Å². The highest BCUT2D eigenvalue weighted by molar-refractivity contribution is 5.96. The molecule has 0 aromatic carbocycles.